The van der Waals surface area contributed by atoms with Crippen molar-refractivity contribution in [2.75, 3.05) is 0 Å². The molecule has 0 saturated carbocycles. The van der Waals surface area contributed by atoms with E-state index in [9.17, 15) is 4.79 Å². The average molecular weight is 161 g/mol. The molecule has 0 spiro atoms. The van der Waals surface area contributed by atoms with Crippen LogP contribution in [0.5, 0.6) is 0 Å². The van der Waals surface area contributed by atoms with E-state index in [-0.39, 0.29) is 0 Å². The molecular weight excluding hydrogens is 156 g/mol. The molecule has 1 rings (SSSR count). The predicted molar refractivity (Wildman–Crippen MR) is 36.4 cm³/mol. The minimum absolute atomic E-state index is 0.644. The molecule has 5 heteroatoms. The maximum absolute atomic E-state index is 10.3. The van der Waals surface area contributed by atoms with Crippen LogP contribution in [0.4, 0.5) is 0 Å². The lowest BCUT2D eigenvalue weighted by Crippen LogP contribution is -2.17. The third-order valence-electron chi connectivity index (χ3n) is 1.04. The van der Waals surface area contributed by atoms with Gasteiger partial charge in [-0.25, -0.2) is 0 Å². The summed E-state index contributed by atoms with van der Waals surface area (Å²) in [4.78, 5) is 10.3. The Kier molecular flexibility index (Phi) is 1.91. The first-order valence-corrected chi connectivity index (χ1v) is 2.94. The number of hydrogen-bond donors (Lipinski definition) is 1. The number of aliphatic carboxylic acids is 1. The van der Waals surface area contributed by atoms with Crippen molar-refractivity contribution in [3.05, 3.63) is 12.3 Å². The lowest BCUT2D eigenvalue weighted by atomic mass is 10.1. The van der Waals surface area contributed by atoms with Gasteiger partial charge in [0.05, 0.1) is 0 Å². The number of carboxylic acids is 1. The molecule has 0 aromatic heterocycles. The number of nitrogens with zero attached hydrogens (tertiary/aromatic N) is 2. The minimum atomic E-state index is -0.926. The molecule has 10 heavy (non-hydrogen) atoms. The molecule has 0 amide bonds. The van der Waals surface area contributed by atoms with Gasteiger partial charge in [-0.1, -0.05) is 0 Å². The van der Waals surface area contributed by atoms with Crippen LogP contribution in [0, 0.1) is 5.92 Å². The Morgan fingerprint density at radius 3 is 2.90 bits per heavy atom. The molecule has 1 unspecified atom stereocenters. The third kappa shape index (κ3) is 1.48. The van der Waals surface area contributed by atoms with Crippen LogP contribution in [0.25, 0.3) is 0 Å². The molecular formula is C5H5ClN2O2. The highest BCUT2D eigenvalue weighted by atomic mass is 35.5. The smallest absolute Gasteiger partial charge is 0.315 e. The second-order valence-electron chi connectivity index (χ2n) is 1.76. The first kappa shape index (κ1) is 7.08. The molecule has 1 aliphatic heterocycles. The third-order valence-corrected chi connectivity index (χ3v) is 1.24. The van der Waals surface area contributed by atoms with Gasteiger partial charge in [0, 0.05) is 24.2 Å². The van der Waals surface area contributed by atoms with Gasteiger partial charge in [0.1, 0.15) is 5.92 Å². The Labute approximate surface area is 62.5 Å². The summed E-state index contributed by atoms with van der Waals surface area (Å²) in [5, 5.41) is 12.0. The van der Waals surface area contributed by atoms with E-state index in [0.717, 1.165) is 4.53 Å². The van der Waals surface area contributed by atoms with Gasteiger partial charge in [-0.15, -0.1) is 0 Å². The number of carboxylic acid groups (broad SMARTS) is 1. The van der Waals surface area contributed by atoms with Crippen molar-refractivity contribution < 1.29 is 9.90 Å². The van der Waals surface area contributed by atoms with Gasteiger partial charge in [0.2, 0.25) is 0 Å². The highest BCUT2D eigenvalue weighted by molar-refractivity contribution is 6.14. The summed E-state index contributed by atoms with van der Waals surface area (Å²) < 4.78 is 1.03. The molecule has 4 nitrogen and oxygen atoms in total. The monoisotopic (exact) mass is 160 g/mol. The quantitative estimate of drug-likeness (QED) is 0.574. The summed E-state index contributed by atoms with van der Waals surface area (Å²) in [7, 11) is 0. The zero-order valence-corrected chi connectivity index (χ0v) is 5.69. The van der Waals surface area contributed by atoms with Crippen LogP contribution in [0.15, 0.2) is 17.4 Å². The lowest BCUT2D eigenvalue weighted by Gasteiger charge is -2.09. The van der Waals surface area contributed by atoms with E-state index >= 15 is 0 Å². The maximum atomic E-state index is 10.3. The summed E-state index contributed by atoms with van der Waals surface area (Å²) in [6, 6.07) is 0. The van der Waals surface area contributed by atoms with Gasteiger partial charge in [0.25, 0.3) is 0 Å². The Balaban J connectivity index is 2.62. The standard InChI is InChI=1S/C5H5ClN2O2/c6-8-2-1-4(3-7-8)5(9)10/h1-4H,(H,9,10). The van der Waals surface area contributed by atoms with Gasteiger partial charge >= 0.3 is 5.97 Å². The van der Waals surface area contributed by atoms with Crippen LogP contribution >= 0.6 is 11.8 Å². The molecule has 1 atom stereocenters. The number of hydrogen-bond acceptors (Lipinski definition) is 3. The molecule has 0 saturated heterocycles. The summed E-state index contributed by atoms with van der Waals surface area (Å²) in [5.41, 5.74) is 0. The van der Waals surface area contributed by atoms with Gasteiger partial charge in [-0.05, 0) is 6.08 Å². The van der Waals surface area contributed by atoms with Gasteiger partial charge in [-0.3, -0.25) is 4.79 Å². The minimum Gasteiger partial charge on any atom is -0.481 e. The van der Waals surface area contributed by atoms with Gasteiger partial charge in [-0.2, -0.15) is 9.63 Å². The number of carbonyl (C=O) groups is 1. The number of hydrazone groups is 1. The van der Waals surface area contributed by atoms with Crippen LogP contribution in [0.1, 0.15) is 0 Å². The van der Waals surface area contributed by atoms with Crippen LogP contribution < -0.4 is 0 Å². The van der Waals surface area contributed by atoms with Gasteiger partial charge in [0.15, 0.2) is 0 Å². The highest BCUT2D eigenvalue weighted by Crippen LogP contribution is 2.07. The zero-order chi connectivity index (χ0) is 7.56. The van der Waals surface area contributed by atoms with E-state index < -0.39 is 11.9 Å². The molecule has 1 heterocycles. The van der Waals surface area contributed by atoms with Crippen LogP contribution in [-0.4, -0.2) is 21.8 Å². The lowest BCUT2D eigenvalue weighted by molar-refractivity contribution is -0.137. The topological polar surface area (TPSA) is 52.9 Å². The van der Waals surface area contributed by atoms with Crippen LogP contribution in [0.2, 0.25) is 0 Å². The molecule has 0 aromatic rings. The molecule has 1 aliphatic rings. The van der Waals surface area contributed by atoms with Crippen molar-refractivity contribution in [1.82, 2.24) is 4.53 Å². The largest absolute Gasteiger partial charge is 0.481 e. The first-order chi connectivity index (χ1) is 4.70. The van der Waals surface area contributed by atoms with E-state index in [1.165, 1.54) is 18.5 Å². The molecule has 0 aromatic carbocycles. The van der Waals surface area contributed by atoms with Crippen LogP contribution in [0.3, 0.4) is 0 Å². The Bertz CT molecular complexity index is 188. The molecule has 0 bridgehead atoms. The van der Waals surface area contributed by atoms with E-state index in [0.29, 0.717) is 0 Å². The average Bonchev–Trinajstić information content (AvgIpc) is 1.88. The van der Waals surface area contributed by atoms with E-state index in [4.69, 9.17) is 16.9 Å². The van der Waals surface area contributed by atoms with Crippen molar-refractivity contribution in [2.45, 2.75) is 0 Å². The molecule has 54 valence electrons. The number of rotatable bonds is 1. The Hall–Kier alpha value is -1.03. The Morgan fingerprint density at radius 2 is 2.50 bits per heavy atom. The van der Waals surface area contributed by atoms with E-state index in [2.05, 4.69) is 5.10 Å². The first-order valence-electron chi connectivity index (χ1n) is 2.60. The fourth-order valence-electron chi connectivity index (χ4n) is 0.534. The van der Waals surface area contributed by atoms with Gasteiger partial charge < -0.3 is 5.11 Å². The van der Waals surface area contributed by atoms with E-state index in [1.807, 2.05) is 0 Å². The zero-order valence-electron chi connectivity index (χ0n) is 4.94. The normalized spacial score (nSPS) is 23.3. The molecule has 0 fully saturated rings. The molecule has 0 radical (unpaired) electrons. The summed E-state index contributed by atoms with van der Waals surface area (Å²) in [5.74, 6) is -1.57. The van der Waals surface area contributed by atoms with E-state index in [1.54, 1.807) is 0 Å². The molecule has 0 aliphatic carbocycles. The van der Waals surface area contributed by atoms with Crippen molar-refractivity contribution >= 4 is 24.0 Å². The second kappa shape index (κ2) is 2.70. The van der Waals surface area contributed by atoms with Crippen molar-refractivity contribution in [3.8, 4) is 0 Å². The fraction of sp³-hybridized carbons (Fsp3) is 0.200. The summed E-state index contributed by atoms with van der Waals surface area (Å²) >= 11 is 5.34. The maximum Gasteiger partial charge on any atom is 0.315 e. The summed E-state index contributed by atoms with van der Waals surface area (Å²) in [6.07, 6.45) is 4.10. The second-order valence-corrected chi connectivity index (χ2v) is 2.11. The predicted octanol–water partition coefficient (Wildman–Crippen LogP) is 0.656. The summed E-state index contributed by atoms with van der Waals surface area (Å²) in [6.45, 7) is 0. The van der Waals surface area contributed by atoms with Crippen molar-refractivity contribution in [1.29, 1.82) is 0 Å². The Morgan fingerprint density at radius 1 is 1.80 bits per heavy atom. The molecule has 1 N–H and O–H groups in total. The van der Waals surface area contributed by atoms with Crippen LogP contribution in [-0.2, 0) is 4.79 Å². The van der Waals surface area contributed by atoms with Crippen molar-refractivity contribution in [3.63, 3.8) is 0 Å². The van der Waals surface area contributed by atoms with Crippen molar-refractivity contribution in [2.24, 2.45) is 11.0 Å². The SMILES string of the molecule is O=C(O)C1C=CN(Cl)N=C1. The highest BCUT2D eigenvalue weighted by Gasteiger charge is 2.13. The fourth-order valence-corrected chi connectivity index (χ4v) is 0.649. The number of halogens is 1.